The van der Waals surface area contributed by atoms with E-state index in [4.69, 9.17) is 11.2 Å². The van der Waals surface area contributed by atoms with Crippen LogP contribution in [0.4, 0.5) is 0 Å². The second kappa shape index (κ2) is 4.50. The quantitative estimate of drug-likeness (QED) is 0.709. The van der Waals surface area contributed by atoms with Crippen molar-refractivity contribution < 1.29 is 4.74 Å². The van der Waals surface area contributed by atoms with E-state index in [9.17, 15) is 0 Å². The number of para-hydroxylation sites is 1. The zero-order valence-corrected chi connectivity index (χ0v) is 8.97. The standard InChI is InChI=1S/C14H11NO/c1-3-11-10-15-9-8-12(11)13-6-4-5-7-14(13)16-2/h1,4-10H,2H3. The van der Waals surface area contributed by atoms with Crippen LogP contribution in [0, 0.1) is 12.3 Å². The minimum absolute atomic E-state index is 0.770. The number of benzene rings is 1. The summed E-state index contributed by atoms with van der Waals surface area (Å²) in [7, 11) is 1.65. The molecule has 0 amide bonds. The second-order valence-electron chi connectivity index (χ2n) is 3.27. The molecule has 2 rings (SSSR count). The lowest BCUT2D eigenvalue weighted by atomic mass is 10.0. The third-order valence-electron chi connectivity index (χ3n) is 2.37. The third-order valence-corrected chi connectivity index (χ3v) is 2.37. The number of pyridine rings is 1. The van der Waals surface area contributed by atoms with E-state index in [-0.39, 0.29) is 0 Å². The van der Waals surface area contributed by atoms with E-state index < -0.39 is 0 Å². The van der Waals surface area contributed by atoms with Crippen molar-refractivity contribution in [3.63, 3.8) is 0 Å². The molecule has 0 aliphatic heterocycles. The zero-order chi connectivity index (χ0) is 11.4. The first-order valence-corrected chi connectivity index (χ1v) is 4.91. The minimum Gasteiger partial charge on any atom is -0.496 e. The fourth-order valence-electron chi connectivity index (χ4n) is 1.61. The maximum atomic E-state index is 5.45. The number of nitrogens with zero attached hydrogens (tertiary/aromatic N) is 1. The van der Waals surface area contributed by atoms with Crippen molar-refractivity contribution in [1.29, 1.82) is 0 Å². The predicted molar refractivity (Wildman–Crippen MR) is 64.2 cm³/mol. The first-order valence-electron chi connectivity index (χ1n) is 4.91. The van der Waals surface area contributed by atoms with Crippen molar-refractivity contribution in [2.75, 3.05) is 7.11 Å². The molecular weight excluding hydrogens is 198 g/mol. The van der Waals surface area contributed by atoms with Crippen LogP contribution in [0.25, 0.3) is 11.1 Å². The van der Waals surface area contributed by atoms with Gasteiger partial charge in [-0.3, -0.25) is 4.98 Å². The number of hydrogen-bond donors (Lipinski definition) is 0. The van der Waals surface area contributed by atoms with Gasteiger partial charge in [-0.2, -0.15) is 0 Å². The van der Waals surface area contributed by atoms with Gasteiger partial charge in [0.2, 0.25) is 0 Å². The van der Waals surface area contributed by atoms with Gasteiger partial charge in [-0.15, -0.1) is 6.42 Å². The molecule has 0 N–H and O–H groups in total. The molecule has 2 nitrogen and oxygen atoms in total. The molecule has 0 saturated carbocycles. The van der Waals surface area contributed by atoms with Gasteiger partial charge >= 0.3 is 0 Å². The fraction of sp³-hybridized carbons (Fsp3) is 0.0714. The van der Waals surface area contributed by atoms with Crippen LogP contribution in [0.2, 0.25) is 0 Å². The molecule has 2 heteroatoms. The molecule has 1 heterocycles. The Labute approximate surface area is 94.9 Å². The van der Waals surface area contributed by atoms with Crippen LogP contribution in [0.15, 0.2) is 42.7 Å². The van der Waals surface area contributed by atoms with Crippen molar-refractivity contribution >= 4 is 0 Å². The lowest BCUT2D eigenvalue weighted by Crippen LogP contribution is -1.90. The Morgan fingerprint density at radius 3 is 2.75 bits per heavy atom. The minimum atomic E-state index is 0.770. The number of hydrogen-bond acceptors (Lipinski definition) is 2. The Hall–Kier alpha value is -2.27. The van der Waals surface area contributed by atoms with E-state index in [0.717, 1.165) is 22.4 Å². The van der Waals surface area contributed by atoms with E-state index in [1.165, 1.54) is 0 Å². The van der Waals surface area contributed by atoms with E-state index in [1.54, 1.807) is 19.5 Å². The molecule has 1 aromatic heterocycles. The van der Waals surface area contributed by atoms with Gasteiger partial charge in [0, 0.05) is 23.5 Å². The average molecular weight is 209 g/mol. The normalized spacial score (nSPS) is 9.50. The Morgan fingerprint density at radius 2 is 2.00 bits per heavy atom. The molecule has 1 aromatic carbocycles. The van der Waals surface area contributed by atoms with Gasteiger partial charge in [-0.25, -0.2) is 0 Å². The maximum Gasteiger partial charge on any atom is 0.126 e. The smallest absolute Gasteiger partial charge is 0.126 e. The summed E-state index contributed by atoms with van der Waals surface area (Å²) in [6.07, 6.45) is 8.86. The van der Waals surface area contributed by atoms with Crippen LogP contribution in [-0.4, -0.2) is 12.1 Å². The van der Waals surface area contributed by atoms with Gasteiger partial charge in [0.05, 0.1) is 12.7 Å². The molecular formula is C14H11NO. The Bertz CT molecular complexity index is 540. The third kappa shape index (κ3) is 1.76. The molecule has 0 aliphatic rings. The van der Waals surface area contributed by atoms with Crippen molar-refractivity contribution in [3.05, 3.63) is 48.3 Å². The molecule has 0 saturated heterocycles. The van der Waals surface area contributed by atoms with E-state index in [0.29, 0.717) is 0 Å². The highest BCUT2D eigenvalue weighted by molar-refractivity contribution is 5.75. The molecule has 0 fully saturated rings. The van der Waals surface area contributed by atoms with E-state index in [2.05, 4.69) is 10.9 Å². The Balaban J connectivity index is 2.64. The Kier molecular flexibility index (Phi) is 2.88. The first kappa shape index (κ1) is 10.3. The molecule has 0 spiro atoms. The van der Waals surface area contributed by atoms with Gasteiger partial charge in [-0.1, -0.05) is 24.1 Å². The van der Waals surface area contributed by atoms with Crippen molar-refractivity contribution in [2.45, 2.75) is 0 Å². The number of terminal acetylenes is 1. The lowest BCUT2D eigenvalue weighted by Gasteiger charge is -2.09. The zero-order valence-electron chi connectivity index (χ0n) is 8.97. The number of rotatable bonds is 2. The second-order valence-corrected chi connectivity index (χ2v) is 3.27. The summed E-state index contributed by atoms with van der Waals surface area (Å²) in [4.78, 5) is 4.01. The molecule has 0 bridgehead atoms. The lowest BCUT2D eigenvalue weighted by molar-refractivity contribution is 0.416. The summed E-state index contributed by atoms with van der Waals surface area (Å²) < 4.78 is 5.31. The summed E-state index contributed by atoms with van der Waals surface area (Å²) in [6.45, 7) is 0. The van der Waals surface area contributed by atoms with Crippen molar-refractivity contribution in [1.82, 2.24) is 4.98 Å². The fourth-order valence-corrected chi connectivity index (χ4v) is 1.61. The molecule has 0 atom stereocenters. The highest BCUT2D eigenvalue weighted by Gasteiger charge is 2.07. The molecule has 0 radical (unpaired) electrons. The van der Waals surface area contributed by atoms with Crippen molar-refractivity contribution in [2.24, 2.45) is 0 Å². The summed E-state index contributed by atoms with van der Waals surface area (Å²) in [5.74, 6) is 3.44. The highest BCUT2D eigenvalue weighted by Crippen LogP contribution is 2.31. The van der Waals surface area contributed by atoms with Crippen molar-refractivity contribution in [3.8, 4) is 29.2 Å². The maximum absolute atomic E-state index is 5.45. The predicted octanol–water partition coefficient (Wildman–Crippen LogP) is 2.74. The van der Waals surface area contributed by atoms with Gasteiger partial charge in [0.1, 0.15) is 5.75 Å². The SMILES string of the molecule is C#Cc1cnccc1-c1ccccc1OC. The molecule has 16 heavy (non-hydrogen) atoms. The van der Waals surface area contributed by atoms with E-state index in [1.807, 2.05) is 30.3 Å². The Morgan fingerprint density at radius 1 is 1.19 bits per heavy atom. The summed E-state index contributed by atoms with van der Waals surface area (Å²) in [5.41, 5.74) is 2.72. The van der Waals surface area contributed by atoms with Crippen LogP contribution in [-0.2, 0) is 0 Å². The average Bonchev–Trinajstić information content (AvgIpc) is 2.38. The molecule has 2 aromatic rings. The molecule has 0 aliphatic carbocycles. The van der Waals surface area contributed by atoms with Crippen LogP contribution < -0.4 is 4.74 Å². The number of ether oxygens (including phenoxy) is 1. The number of aromatic nitrogens is 1. The van der Waals surface area contributed by atoms with Crippen LogP contribution in [0.3, 0.4) is 0 Å². The first-order chi connectivity index (χ1) is 7.86. The van der Waals surface area contributed by atoms with Gasteiger partial charge < -0.3 is 4.74 Å². The van der Waals surface area contributed by atoms with Gasteiger partial charge in [0.25, 0.3) is 0 Å². The van der Waals surface area contributed by atoms with Gasteiger partial charge in [-0.05, 0) is 12.1 Å². The van der Waals surface area contributed by atoms with Crippen LogP contribution in [0.1, 0.15) is 5.56 Å². The topological polar surface area (TPSA) is 22.1 Å². The summed E-state index contributed by atoms with van der Waals surface area (Å²) in [5, 5.41) is 0. The van der Waals surface area contributed by atoms with Crippen LogP contribution in [0.5, 0.6) is 5.75 Å². The summed E-state index contributed by atoms with van der Waals surface area (Å²) >= 11 is 0. The van der Waals surface area contributed by atoms with Crippen LogP contribution >= 0.6 is 0 Å². The van der Waals surface area contributed by atoms with Gasteiger partial charge in [0.15, 0.2) is 0 Å². The summed E-state index contributed by atoms with van der Waals surface area (Å²) in [6, 6.07) is 9.68. The highest BCUT2D eigenvalue weighted by atomic mass is 16.5. The molecule has 78 valence electrons. The largest absolute Gasteiger partial charge is 0.496 e. The van der Waals surface area contributed by atoms with E-state index >= 15 is 0 Å². The monoisotopic (exact) mass is 209 g/mol. The number of methoxy groups -OCH3 is 1. The molecule has 0 unspecified atom stereocenters.